The van der Waals surface area contributed by atoms with Crippen LogP contribution in [0.2, 0.25) is 0 Å². The van der Waals surface area contributed by atoms with Crippen molar-refractivity contribution in [3.63, 3.8) is 0 Å². The van der Waals surface area contributed by atoms with E-state index >= 15 is 0 Å². The minimum Gasteiger partial charge on any atom is -0.396 e. The van der Waals surface area contributed by atoms with Gasteiger partial charge in [0.25, 0.3) is 0 Å². The van der Waals surface area contributed by atoms with Crippen LogP contribution in [0.15, 0.2) is 59.8 Å². The lowest BCUT2D eigenvalue weighted by Crippen LogP contribution is -2.40. The maximum absolute atomic E-state index is 13.1. The van der Waals surface area contributed by atoms with Crippen molar-refractivity contribution in [2.75, 3.05) is 13.7 Å². The molecule has 0 radical (unpaired) electrons. The van der Waals surface area contributed by atoms with Crippen LogP contribution in [0.5, 0.6) is 0 Å². The molecule has 0 saturated heterocycles. The maximum Gasteiger partial charge on any atom is 0.243 e. The number of likely N-dealkylation sites (N-methyl/N-ethyl adjacent to an activating group) is 1. The van der Waals surface area contributed by atoms with Gasteiger partial charge in [0.05, 0.1) is 4.90 Å². The van der Waals surface area contributed by atoms with Crippen LogP contribution in [0.3, 0.4) is 0 Å². The number of pyridine rings is 1. The fourth-order valence-electron chi connectivity index (χ4n) is 2.90. The fraction of sp³-hybridized carbons (Fsp3) is 0.278. The summed E-state index contributed by atoms with van der Waals surface area (Å²) in [6.07, 6.45) is 3.79. The quantitative estimate of drug-likeness (QED) is 0.685. The number of aromatic nitrogens is 2. The molecule has 0 aliphatic rings. The molecule has 0 unspecified atom stereocenters. The Labute approximate surface area is 151 Å². The Morgan fingerprint density at radius 3 is 2.65 bits per heavy atom. The number of fused-ring (bicyclic) bond motifs is 1. The molecule has 2 heterocycles. The van der Waals surface area contributed by atoms with Crippen LogP contribution in [0.1, 0.15) is 6.42 Å². The summed E-state index contributed by atoms with van der Waals surface area (Å²) in [7, 11) is -2.34. The van der Waals surface area contributed by atoms with Gasteiger partial charge in [0.1, 0.15) is 11.5 Å². The smallest absolute Gasteiger partial charge is 0.243 e. The van der Waals surface area contributed by atoms with E-state index in [4.69, 9.17) is 0 Å². The monoisotopic (exact) mass is 377 g/mol. The van der Waals surface area contributed by atoms with Gasteiger partial charge in [-0.1, -0.05) is 0 Å². The number of benzene rings is 1. The second kappa shape index (κ2) is 7.53. The van der Waals surface area contributed by atoms with E-state index in [2.05, 4.69) is 4.98 Å². The van der Waals surface area contributed by atoms with E-state index in [1.54, 1.807) is 6.20 Å². The summed E-state index contributed by atoms with van der Waals surface area (Å²) >= 11 is 0. The van der Waals surface area contributed by atoms with Crippen LogP contribution in [0, 0.1) is 5.82 Å². The molecule has 0 fully saturated rings. The summed E-state index contributed by atoms with van der Waals surface area (Å²) < 4.78 is 41.9. The molecule has 1 atom stereocenters. The molecular weight excluding hydrogens is 357 g/mol. The molecule has 0 aliphatic carbocycles. The summed E-state index contributed by atoms with van der Waals surface area (Å²) in [6, 6.07) is 9.91. The van der Waals surface area contributed by atoms with E-state index in [9.17, 15) is 17.9 Å². The molecule has 0 saturated carbocycles. The van der Waals surface area contributed by atoms with Crippen LogP contribution in [-0.4, -0.2) is 47.1 Å². The summed E-state index contributed by atoms with van der Waals surface area (Å²) in [5.74, 6) is -0.497. The third-order valence-electron chi connectivity index (χ3n) is 4.40. The predicted octanol–water partition coefficient (Wildman–Crippen LogP) is 2.25. The Morgan fingerprint density at radius 1 is 1.23 bits per heavy atom. The topological polar surface area (TPSA) is 75.4 Å². The van der Waals surface area contributed by atoms with Gasteiger partial charge in [0, 0.05) is 44.0 Å². The highest BCUT2D eigenvalue weighted by Crippen LogP contribution is 2.21. The molecular formula is C18H20FN3O3S. The number of hydrogen-bond donors (Lipinski definition) is 1. The largest absolute Gasteiger partial charge is 0.396 e. The zero-order valence-corrected chi connectivity index (χ0v) is 15.1. The van der Waals surface area contributed by atoms with Gasteiger partial charge in [-0.2, -0.15) is 4.31 Å². The van der Waals surface area contributed by atoms with Crippen molar-refractivity contribution in [2.45, 2.75) is 23.9 Å². The first-order valence-corrected chi connectivity index (χ1v) is 9.62. The zero-order chi connectivity index (χ0) is 18.7. The minimum absolute atomic E-state index is 0.0137. The van der Waals surface area contributed by atoms with Gasteiger partial charge in [-0.25, -0.2) is 17.8 Å². The molecule has 0 spiro atoms. The number of halogens is 1. The maximum atomic E-state index is 13.1. The summed E-state index contributed by atoms with van der Waals surface area (Å²) in [6.45, 7) is 0.193. The summed E-state index contributed by atoms with van der Waals surface area (Å²) in [5, 5.41) is 10.4. The lowest BCUT2D eigenvalue weighted by molar-refractivity contribution is 0.226. The number of aliphatic hydroxyl groups is 1. The van der Waals surface area contributed by atoms with Crippen LogP contribution in [0.25, 0.3) is 11.0 Å². The Bertz CT molecular complexity index is 986. The van der Waals surface area contributed by atoms with Crippen molar-refractivity contribution in [1.29, 1.82) is 0 Å². The molecule has 3 aromatic rings. The van der Waals surface area contributed by atoms with E-state index in [0.29, 0.717) is 6.54 Å². The van der Waals surface area contributed by atoms with Crippen LogP contribution < -0.4 is 0 Å². The van der Waals surface area contributed by atoms with Gasteiger partial charge in [-0.3, -0.25) is 0 Å². The Kier molecular flexibility index (Phi) is 5.36. The van der Waals surface area contributed by atoms with E-state index in [0.717, 1.165) is 23.2 Å². The van der Waals surface area contributed by atoms with Crippen molar-refractivity contribution in [3.05, 3.63) is 60.7 Å². The molecule has 6 nitrogen and oxygen atoms in total. The molecule has 3 rings (SSSR count). The van der Waals surface area contributed by atoms with Crippen LogP contribution >= 0.6 is 0 Å². The number of sulfonamides is 1. The van der Waals surface area contributed by atoms with Gasteiger partial charge in [-0.05, 0) is 48.9 Å². The standard InChI is InChI=1S/C18H20FN3O3S/c1-21(26(24,25)17-6-4-15(19)5-7-17)16(9-12-23)13-22-11-8-14-3-2-10-20-18(14)22/h2-8,10-11,16,23H,9,12-13H2,1H3/t16-/m0/s1. The lowest BCUT2D eigenvalue weighted by Gasteiger charge is -2.27. The average Bonchev–Trinajstić information content (AvgIpc) is 3.04. The van der Waals surface area contributed by atoms with Crippen molar-refractivity contribution < 1.29 is 17.9 Å². The molecule has 0 aliphatic heterocycles. The zero-order valence-electron chi connectivity index (χ0n) is 14.3. The number of nitrogens with zero attached hydrogens (tertiary/aromatic N) is 3. The number of aliphatic hydroxyl groups excluding tert-OH is 1. The van der Waals surface area contributed by atoms with Gasteiger partial charge in [0.2, 0.25) is 10.0 Å². The Hall–Kier alpha value is -2.29. The van der Waals surface area contributed by atoms with Crippen LogP contribution in [0.4, 0.5) is 4.39 Å². The first kappa shape index (κ1) is 18.5. The Morgan fingerprint density at radius 2 is 1.96 bits per heavy atom. The van der Waals surface area contributed by atoms with Gasteiger partial charge < -0.3 is 9.67 Å². The first-order chi connectivity index (χ1) is 12.4. The van der Waals surface area contributed by atoms with Crippen molar-refractivity contribution in [3.8, 4) is 0 Å². The second-order valence-electron chi connectivity index (χ2n) is 6.03. The molecule has 138 valence electrons. The molecule has 1 aromatic carbocycles. The van der Waals surface area contributed by atoms with Crippen molar-refractivity contribution in [2.24, 2.45) is 0 Å². The van der Waals surface area contributed by atoms with E-state index in [-0.39, 0.29) is 17.9 Å². The molecule has 0 amide bonds. The SMILES string of the molecule is CN([C@@H](CCO)Cn1ccc2cccnc21)S(=O)(=O)c1ccc(F)cc1. The molecule has 2 aromatic heterocycles. The third-order valence-corrected chi connectivity index (χ3v) is 6.32. The van der Waals surface area contributed by atoms with E-state index < -0.39 is 21.9 Å². The predicted molar refractivity (Wildman–Crippen MR) is 96.6 cm³/mol. The van der Waals surface area contributed by atoms with E-state index in [1.165, 1.54) is 23.5 Å². The average molecular weight is 377 g/mol. The fourth-order valence-corrected chi connectivity index (χ4v) is 4.28. The highest BCUT2D eigenvalue weighted by Gasteiger charge is 2.28. The van der Waals surface area contributed by atoms with E-state index in [1.807, 2.05) is 29.0 Å². The van der Waals surface area contributed by atoms with Crippen molar-refractivity contribution in [1.82, 2.24) is 13.9 Å². The Balaban J connectivity index is 1.90. The molecule has 0 bridgehead atoms. The van der Waals surface area contributed by atoms with Crippen molar-refractivity contribution >= 4 is 21.1 Å². The number of hydrogen-bond acceptors (Lipinski definition) is 4. The van der Waals surface area contributed by atoms with Crippen LogP contribution in [-0.2, 0) is 16.6 Å². The summed E-state index contributed by atoms with van der Waals surface area (Å²) in [4.78, 5) is 4.35. The highest BCUT2D eigenvalue weighted by molar-refractivity contribution is 7.89. The molecule has 1 N–H and O–H groups in total. The van der Waals surface area contributed by atoms with Gasteiger partial charge >= 0.3 is 0 Å². The number of rotatable bonds is 7. The third kappa shape index (κ3) is 3.62. The summed E-state index contributed by atoms with van der Waals surface area (Å²) in [5.41, 5.74) is 0.753. The lowest BCUT2D eigenvalue weighted by atomic mass is 10.2. The normalized spacial score (nSPS) is 13.4. The second-order valence-corrected chi connectivity index (χ2v) is 8.02. The molecule has 26 heavy (non-hydrogen) atoms. The highest BCUT2D eigenvalue weighted by atomic mass is 32.2. The minimum atomic E-state index is -3.81. The van der Waals surface area contributed by atoms with Gasteiger partial charge in [-0.15, -0.1) is 0 Å². The first-order valence-electron chi connectivity index (χ1n) is 8.18. The molecule has 8 heteroatoms. The van der Waals surface area contributed by atoms with Gasteiger partial charge in [0.15, 0.2) is 0 Å².